The Balaban J connectivity index is 3.30. The van der Waals surface area contributed by atoms with E-state index in [1.807, 2.05) is 48.5 Å². The van der Waals surface area contributed by atoms with E-state index >= 15 is 0 Å². The molecule has 1 aliphatic heterocycles. The van der Waals surface area contributed by atoms with Crippen molar-refractivity contribution >= 4 is 12.0 Å². The number of carbonyl (C=O) groups is 2. The Morgan fingerprint density at radius 2 is 1.70 bits per heavy atom. The van der Waals surface area contributed by atoms with Crippen LogP contribution in [0.25, 0.3) is 0 Å². The van der Waals surface area contributed by atoms with Crippen molar-refractivity contribution in [1.29, 1.82) is 0 Å². The van der Waals surface area contributed by atoms with Gasteiger partial charge in [-0.2, -0.15) is 4.79 Å². The van der Waals surface area contributed by atoms with Gasteiger partial charge in [0.15, 0.2) is 0 Å². The number of quaternary nitrogens is 1. The summed E-state index contributed by atoms with van der Waals surface area (Å²) < 4.78 is 11.1. The Labute approximate surface area is 140 Å². The molecule has 0 radical (unpaired) electrons. The summed E-state index contributed by atoms with van der Waals surface area (Å²) in [5.41, 5.74) is -2.24. The van der Waals surface area contributed by atoms with E-state index in [2.05, 4.69) is 6.92 Å². The second-order valence-electron chi connectivity index (χ2n) is 8.55. The molecule has 0 bridgehead atoms. The molecule has 0 saturated carbocycles. The topological polar surface area (TPSA) is 52.6 Å². The highest BCUT2D eigenvalue weighted by Crippen LogP contribution is 2.46. The second-order valence-corrected chi connectivity index (χ2v) is 8.55. The van der Waals surface area contributed by atoms with Gasteiger partial charge in [0.05, 0.1) is 6.42 Å². The van der Waals surface area contributed by atoms with Gasteiger partial charge in [-0.15, -0.1) is 4.48 Å². The van der Waals surface area contributed by atoms with E-state index in [0.717, 1.165) is 19.3 Å². The molecule has 1 rings (SSSR count). The van der Waals surface area contributed by atoms with Gasteiger partial charge in [0.2, 0.25) is 5.72 Å². The van der Waals surface area contributed by atoms with Crippen LogP contribution in [-0.2, 0) is 14.3 Å². The Bertz CT molecular complexity index is 444. The maximum Gasteiger partial charge on any atom is 0.527 e. The van der Waals surface area contributed by atoms with E-state index in [0.29, 0.717) is 13.0 Å². The molecule has 0 aliphatic carbocycles. The number of imide groups is 1. The van der Waals surface area contributed by atoms with Crippen molar-refractivity contribution in [2.45, 2.75) is 97.9 Å². The number of nitrogens with zero attached hydrogens (tertiary/aromatic N) is 1. The SMILES string of the molecule is CCCCCC(=O)[N+]1(C(=O)OC(C)(C)C)C(C)(C)COC1(C)C. The van der Waals surface area contributed by atoms with Crippen LogP contribution in [0, 0.1) is 0 Å². The minimum atomic E-state index is -0.935. The smallest absolute Gasteiger partial charge is 0.414 e. The molecular formula is C18H34NO4+. The average molecular weight is 328 g/mol. The normalized spacial score (nSPS) is 26.1. The predicted molar refractivity (Wildman–Crippen MR) is 89.8 cm³/mol. The molecule has 1 unspecified atom stereocenters. The van der Waals surface area contributed by atoms with Gasteiger partial charge < -0.3 is 9.47 Å². The van der Waals surface area contributed by atoms with Crippen molar-refractivity contribution in [3.8, 4) is 0 Å². The van der Waals surface area contributed by atoms with Crippen LogP contribution < -0.4 is 0 Å². The standard InChI is InChI=1S/C18H34NO4/c1-9-10-11-12-14(20)19(15(21)23-16(2,3)4)17(5,6)13-22-18(19,7)8/h9-13H2,1-8H3/q+1. The zero-order valence-corrected chi connectivity index (χ0v) is 16.1. The van der Waals surface area contributed by atoms with Gasteiger partial charge in [-0.25, -0.2) is 4.79 Å². The van der Waals surface area contributed by atoms with E-state index < -0.39 is 27.4 Å². The number of ether oxygens (including phenoxy) is 2. The second kappa shape index (κ2) is 6.52. The van der Waals surface area contributed by atoms with Crippen LogP contribution in [0.1, 0.15) is 81.1 Å². The summed E-state index contributed by atoms with van der Waals surface area (Å²) in [4.78, 5) is 26.3. The van der Waals surface area contributed by atoms with Crippen molar-refractivity contribution in [1.82, 2.24) is 0 Å². The summed E-state index contributed by atoms with van der Waals surface area (Å²) in [6.07, 6.45) is 2.64. The van der Waals surface area contributed by atoms with Gasteiger partial charge in [-0.05, 0) is 41.0 Å². The zero-order chi connectivity index (χ0) is 18.1. The third-order valence-electron chi connectivity index (χ3n) is 4.53. The molecule has 5 nitrogen and oxygen atoms in total. The van der Waals surface area contributed by atoms with Crippen molar-refractivity contribution in [3.05, 3.63) is 0 Å². The van der Waals surface area contributed by atoms with Crippen LogP contribution in [0.4, 0.5) is 4.79 Å². The minimum absolute atomic E-state index is 0.111. The average Bonchev–Trinajstić information content (AvgIpc) is 2.54. The van der Waals surface area contributed by atoms with Crippen LogP contribution in [0.15, 0.2) is 0 Å². The van der Waals surface area contributed by atoms with Crippen LogP contribution in [0.2, 0.25) is 0 Å². The lowest BCUT2D eigenvalue weighted by atomic mass is 9.96. The van der Waals surface area contributed by atoms with Gasteiger partial charge in [0.25, 0.3) is 0 Å². The maximum atomic E-state index is 13.2. The fourth-order valence-electron chi connectivity index (χ4n) is 3.51. The molecule has 1 saturated heterocycles. The molecule has 1 atom stereocenters. The largest absolute Gasteiger partial charge is 0.527 e. The molecule has 1 fully saturated rings. The number of hydrogen-bond donors (Lipinski definition) is 0. The molecule has 0 spiro atoms. The third kappa shape index (κ3) is 3.61. The number of carbonyl (C=O) groups excluding carboxylic acids is 2. The first-order chi connectivity index (χ1) is 10.3. The van der Waals surface area contributed by atoms with Crippen LogP contribution in [-0.4, -0.2) is 40.0 Å². The molecule has 1 heterocycles. The van der Waals surface area contributed by atoms with E-state index in [-0.39, 0.29) is 5.91 Å². The Morgan fingerprint density at radius 3 is 2.09 bits per heavy atom. The van der Waals surface area contributed by atoms with Crippen LogP contribution in [0.3, 0.4) is 0 Å². The molecule has 0 aromatic heterocycles. The van der Waals surface area contributed by atoms with E-state index in [9.17, 15) is 9.59 Å². The van der Waals surface area contributed by atoms with E-state index in [1.165, 1.54) is 0 Å². The van der Waals surface area contributed by atoms with Crippen LogP contribution in [0.5, 0.6) is 0 Å². The zero-order valence-electron chi connectivity index (χ0n) is 16.1. The quantitative estimate of drug-likeness (QED) is 0.567. The van der Waals surface area contributed by atoms with Crippen molar-refractivity contribution in [3.63, 3.8) is 0 Å². The highest BCUT2D eigenvalue weighted by atomic mass is 16.6. The Kier molecular flexibility index (Phi) is 5.70. The first-order valence-corrected chi connectivity index (χ1v) is 8.62. The third-order valence-corrected chi connectivity index (χ3v) is 4.53. The number of hydrogen-bond acceptors (Lipinski definition) is 4. The highest BCUT2D eigenvalue weighted by molar-refractivity contribution is 5.82. The molecule has 0 aromatic carbocycles. The summed E-state index contributed by atoms with van der Waals surface area (Å²) in [6, 6.07) is 0. The Morgan fingerprint density at radius 1 is 1.13 bits per heavy atom. The van der Waals surface area contributed by atoms with Gasteiger partial charge >= 0.3 is 12.0 Å². The fourth-order valence-corrected chi connectivity index (χ4v) is 3.51. The van der Waals surface area contributed by atoms with Crippen molar-refractivity contribution < 1.29 is 23.5 Å². The lowest BCUT2D eigenvalue weighted by molar-refractivity contribution is -0.879. The monoisotopic (exact) mass is 328 g/mol. The first kappa shape index (κ1) is 20.1. The highest BCUT2D eigenvalue weighted by Gasteiger charge is 2.71. The summed E-state index contributed by atoms with van der Waals surface area (Å²) in [7, 11) is 0. The predicted octanol–water partition coefficient (Wildman–Crippen LogP) is 4.39. The summed E-state index contributed by atoms with van der Waals surface area (Å²) in [5, 5.41) is 0. The lowest BCUT2D eigenvalue weighted by Gasteiger charge is -2.45. The van der Waals surface area contributed by atoms with Gasteiger partial charge in [-0.3, -0.25) is 0 Å². The number of unbranched alkanes of at least 4 members (excludes halogenated alkanes) is 2. The van der Waals surface area contributed by atoms with Crippen molar-refractivity contribution in [2.75, 3.05) is 6.61 Å². The molecule has 2 amide bonds. The number of amides is 2. The molecule has 23 heavy (non-hydrogen) atoms. The van der Waals surface area contributed by atoms with E-state index in [4.69, 9.17) is 9.47 Å². The fraction of sp³-hybridized carbons (Fsp3) is 0.889. The molecule has 0 N–H and O–H groups in total. The Hall–Kier alpha value is -0.940. The van der Waals surface area contributed by atoms with E-state index in [1.54, 1.807) is 0 Å². The summed E-state index contributed by atoms with van der Waals surface area (Å²) in [5.74, 6) is -0.111. The molecule has 134 valence electrons. The molecular weight excluding hydrogens is 294 g/mol. The van der Waals surface area contributed by atoms with Gasteiger partial charge in [0.1, 0.15) is 17.7 Å². The summed E-state index contributed by atoms with van der Waals surface area (Å²) in [6.45, 7) is 15.3. The van der Waals surface area contributed by atoms with Gasteiger partial charge in [-0.1, -0.05) is 19.8 Å². The summed E-state index contributed by atoms with van der Waals surface area (Å²) >= 11 is 0. The van der Waals surface area contributed by atoms with Gasteiger partial charge in [0, 0.05) is 13.8 Å². The number of rotatable bonds is 4. The minimum Gasteiger partial charge on any atom is -0.414 e. The maximum absolute atomic E-state index is 13.2. The molecule has 5 heteroatoms. The van der Waals surface area contributed by atoms with Crippen LogP contribution >= 0.6 is 0 Å². The first-order valence-electron chi connectivity index (χ1n) is 8.62. The molecule has 1 aliphatic rings. The van der Waals surface area contributed by atoms with Crippen molar-refractivity contribution in [2.24, 2.45) is 0 Å². The molecule has 0 aromatic rings. The lowest BCUT2D eigenvalue weighted by Crippen LogP contribution is -2.73.